The average molecular weight is 356 g/mol. The van der Waals surface area contributed by atoms with Crippen LogP contribution in [0.1, 0.15) is 33.3 Å². The molecule has 4 rings (SSSR count). The standard InChI is InChI=1S/C21H24O5/c1-20(2)22-13-16(24-20)17-19-18(25-21(3,4)26-19)15(23-17)12-8-11-14-9-6-5-7-10-14/h5-7,9-10,12,16-19H,13H2,1-4H3/b15-12+/t16-,17-,18-,19+/m1/s1. The van der Waals surface area contributed by atoms with Gasteiger partial charge in [-0.3, -0.25) is 0 Å². The first-order valence-electron chi connectivity index (χ1n) is 8.94. The van der Waals surface area contributed by atoms with Crippen molar-refractivity contribution in [3.8, 4) is 11.8 Å². The summed E-state index contributed by atoms with van der Waals surface area (Å²) in [7, 11) is 0. The van der Waals surface area contributed by atoms with Crippen LogP contribution in [0.15, 0.2) is 42.2 Å². The van der Waals surface area contributed by atoms with Crippen LogP contribution < -0.4 is 0 Å². The molecule has 1 aromatic carbocycles. The second kappa shape index (κ2) is 6.40. The Labute approximate surface area is 154 Å². The van der Waals surface area contributed by atoms with Crippen LogP contribution in [0.4, 0.5) is 0 Å². The second-order valence-corrected chi connectivity index (χ2v) is 7.65. The highest BCUT2D eigenvalue weighted by Crippen LogP contribution is 2.43. The molecule has 3 aliphatic rings. The van der Waals surface area contributed by atoms with E-state index in [9.17, 15) is 0 Å². The fourth-order valence-corrected chi connectivity index (χ4v) is 3.53. The van der Waals surface area contributed by atoms with Crippen LogP contribution in [0.5, 0.6) is 0 Å². The van der Waals surface area contributed by atoms with Gasteiger partial charge in [-0.15, -0.1) is 0 Å². The fourth-order valence-electron chi connectivity index (χ4n) is 3.53. The van der Waals surface area contributed by atoms with Crippen molar-refractivity contribution in [2.24, 2.45) is 0 Å². The van der Waals surface area contributed by atoms with Crippen molar-refractivity contribution < 1.29 is 23.7 Å². The number of rotatable bonds is 1. The molecule has 0 bridgehead atoms. The van der Waals surface area contributed by atoms with Gasteiger partial charge in [-0.25, -0.2) is 0 Å². The highest BCUT2D eigenvalue weighted by molar-refractivity contribution is 5.38. The van der Waals surface area contributed by atoms with E-state index in [0.29, 0.717) is 12.4 Å². The molecule has 0 aromatic heterocycles. The third kappa shape index (κ3) is 3.51. The van der Waals surface area contributed by atoms with E-state index in [1.54, 1.807) is 6.08 Å². The van der Waals surface area contributed by atoms with Crippen molar-refractivity contribution in [3.05, 3.63) is 47.7 Å². The van der Waals surface area contributed by atoms with Crippen LogP contribution in [0.2, 0.25) is 0 Å². The Balaban J connectivity index is 1.56. The summed E-state index contributed by atoms with van der Waals surface area (Å²) in [5.74, 6) is 5.58. The third-order valence-corrected chi connectivity index (χ3v) is 4.61. The van der Waals surface area contributed by atoms with Crippen LogP contribution in [0.3, 0.4) is 0 Å². The maximum Gasteiger partial charge on any atom is 0.164 e. The van der Waals surface area contributed by atoms with Gasteiger partial charge in [0, 0.05) is 11.6 Å². The van der Waals surface area contributed by atoms with Crippen LogP contribution >= 0.6 is 0 Å². The molecule has 4 atom stereocenters. The van der Waals surface area contributed by atoms with Crippen LogP contribution in [-0.2, 0) is 23.7 Å². The highest BCUT2D eigenvalue weighted by atomic mass is 16.8. The van der Waals surface area contributed by atoms with Gasteiger partial charge in [0.15, 0.2) is 17.7 Å². The molecule has 0 unspecified atom stereocenters. The van der Waals surface area contributed by atoms with Crippen molar-refractivity contribution in [1.82, 2.24) is 0 Å². The molecule has 3 heterocycles. The molecule has 0 amide bonds. The molecule has 1 aromatic rings. The van der Waals surface area contributed by atoms with Gasteiger partial charge in [0.25, 0.3) is 0 Å². The van der Waals surface area contributed by atoms with Crippen molar-refractivity contribution in [2.75, 3.05) is 6.61 Å². The van der Waals surface area contributed by atoms with Crippen molar-refractivity contribution in [1.29, 1.82) is 0 Å². The zero-order valence-electron chi connectivity index (χ0n) is 15.5. The SMILES string of the molecule is CC1(C)O[C@H]2[C@@H]([C@H]3COC(C)(C)O3)O/C(=C/C#Cc3ccccc3)[C@H]2O1. The van der Waals surface area contributed by atoms with E-state index >= 15 is 0 Å². The lowest BCUT2D eigenvalue weighted by Gasteiger charge is -2.25. The van der Waals surface area contributed by atoms with E-state index in [2.05, 4.69) is 11.8 Å². The molecule has 3 aliphatic heterocycles. The topological polar surface area (TPSA) is 46.2 Å². The number of allylic oxidation sites excluding steroid dienone is 1. The molecule has 138 valence electrons. The summed E-state index contributed by atoms with van der Waals surface area (Å²) in [4.78, 5) is 0. The van der Waals surface area contributed by atoms with Gasteiger partial charge in [-0.2, -0.15) is 0 Å². The average Bonchev–Trinajstić information content (AvgIpc) is 3.19. The third-order valence-electron chi connectivity index (χ3n) is 4.61. The maximum absolute atomic E-state index is 6.14. The second-order valence-electron chi connectivity index (χ2n) is 7.65. The monoisotopic (exact) mass is 356 g/mol. The summed E-state index contributed by atoms with van der Waals surface area (Å²) in [6.07, 6.45) is 0.761. The molecule has 0 spiro atoms. The van der Waals surface area contributed by atoms with Crippen LogP contribution in [0.25, 0.3) is 0 Å². The van der Waals surface area contributed by atoms with Gasteiger partial charge in [-0.1, -0.05) is 30.0 Å². The Hall–Kier alpha value is -1.84. The van der Waals surface area contributed by atoms with Gasteiger partial charge in [-0.05, 0) is 39.8 Å². The number of hydrogen-bond donors (Lipinski definition) is 0. The zero-order chi connectivity index (χ0) is 18.4. The smallest absolute Gasteiger partial charge is 0.164 e. The van der Waals surface area contributed by atoms with Crippen molar-refractivity contribution in [2.45, 2.75) is 63.7 Å². The summed E-state index contributed by atoms with van der Waals surface area (Å²) in [5, 5.41) is 0. The Morgan fingerprint density at radius 2 is 1.73 bits per heavy atom. The molecule has 3 saturated heterocycles. The lowest BCUT2D eigenvalue weighted by molar-refractivity contribution is -0.187. The minimum Gasteiger partial charge on any atom is -0.486 e. The first-order chi connectivity index (χ1) is 12.3. The van der Waals surface area contributed by atoms with E-state index in [4.69, 9.17) is 23.7 Å². The van der Waals surface area contributed by atoms with Gasteiger partial charge in [0.05, 0.1) is 6.61 Å². The molecule has 5 nitrogen and oxygen atoms in total. The molecular formula is C21H24O5. The van der Waals surface area contributed by atoms with Crippen molar-refractivity contribution >= 4 is 0 Å². The number of benzene rings is 1. The Morgan fingerprint density at radius 3 is 2.42 bits per heavy atom. The minimum absolute atomic E-state index is 0.206. The molecule has 0 aliphatic carbocycles. The van der Waals surface area contributed by atoms with Gasteiger partial charge >= 0.3 is 0 Å². The summed E-state index contributed by atoms with van der Waals surface area (Å²) in [6.45, 7) is 8.08. The summed E-state index contributed by atoms with van der Waals surface area (Å²) >= 11 is 0. The lowest BCUT2D eigenvalue weighted by Crippen LogP contribution is -2.40. The van der Waals surface area contributed by atoms with Crippen LogP contribution in [0, 0.1) is 11.8 Å². The fraction of sp³-hybridized carbons (Fsp3) is 0.524. The molecule has 5 heteroatoms. The van der Waals surface area contributed by atoms with Crippen molar-refractivity contribution in [3.63, 3.8) is 0 Å². The molecule has 26 heavy (non-hydrogen) atoms. The Morgan fingerprint density at radius 1 is 0.962 bits per heavy atom. The predicted molar refractivity (Wildman–Crippen MR) is 95.0 cm³/mol. The summed E-state index contributed by atoms with van der Waals surface area (Å²) < 4.78 is 30.0. The Kier molecular flexibility index (Phi) is 4.32. The van der Waals surface area contributed by atoms with Gasteiger partial charge < -0.3 is 23.7 Å². The minimum atomic E-state index is -0.668. The van der Waals surface area contributed by atoms with E-state index in [-0.39, 0.29) is 24.4 Å². The molecule has 0 N–H and O–H groups in total. The predicted octanol–water partition coefficient (Wildman–Crippen LogP) is 2.99. The summed E-state index contributed by atoms with van der Waals surface area (Å²) in [6, 6.07) is 9.83. The lowest BCUT2D eigenvalue weighted by atomic mass is 10.1. The van der Waals surface area contributed by atoms with Gasteiger partial charge in [0.1, 0.15) is 24.1 Å². The normalized spacial score (nSPS) is 35.6. The quantitative estimate of drug-likeness (QED) is 0.724. The number of fused-ring (bicyclic) bond motifs is 1. The molecular weight excluding hydrogens is 332 g/mol. The first kappa shape index (κ1) is 17.6. The molecule has 0 saturated carbocycles. The first-order valence-corrected chi connectivity index (χ1v) is 8.94. The van der Waals surface area contributed by atoms with Crippen LogP contribution in [-0.4, -0.2) is 42.6 Å². The van der Waals surface area contributed by atoms with E-state index < -0.39 is 11.6 Å². The highest BCUT2D eigenvalue weighted by Gasteiger charge is 2.57. The Bertz CT molecular complexity index is 756. The van der Waals surface area contributed by atoms with E-state index in [1.165, 1.54) is 0 Å². The molecule has 0 radical (unpaired) electrons. The van der Waals surface area contributed by atoms with E-state index in [1.807, 2.05) is 58.0 Å². The van der Waals surface area contributed by atoms with Gasteiger partial charge in [0.2, 0.25) is 0 Å². The number of ether oxygens (including phenoxy) is 5. The maximum atomic E-state index is 6.14. The summed E-state index contributed by atoms with van der Waals surface area (Å²) in [5.41, 5.74) is 0.952. The largest absolute Gasteiger partial charge is 0.486 e. The molecule has 3 fully saturated rings. The zero-order valence-corrected chi connectivity index (χ0v) is 15.5. The van der Waals surface area contributed by atoms with E-state index in [0.717, 1.165) is 5.56 Å². The number of hydrogen-bond acceptors (Lipinski definition) is 5.